The number of aromatic nitrogens is 1. The zero-order chi connectivity index (χ0) is 45.7. The molecule has 0 fully saturated rings. The number of para-hydroxylation sites is 1. The molecule has 0 spiro atoms. The molecule has 3 aliphatic rings. The van der Waals surface area contributed by atoms with E-state index in [4.69, 9.17) is 0 Å². The third-order valence-electron chi connectivity index (χ3n) is 13.5. The van der Waals surface area contributed by atoms with Crippen LogP contribution in [0.1, 0.15) is 71.9 Å². The van der Waals surface area contributed by atoms with Gasteiger partial charge >= 0.3 is 0 Å². The van der Waals surface area contributed by atoms with E-state index in [1.807, 2.05) is 58.0 Å². The van der Waals surface area contributed by atoms with Gasteiger partial charge in [-0.25, -0.2) is 8.78 Å². The number of anilines is 4. The topological polar surface area (TPSA) is 22.3 Å². The Balaban J connectivity index is 0.00000125. The smallest absolute Gasteiger partial charge is 0.125 e. The number of rotatable bonds is 6. The predicted octanol–water partition coefficient (Wildman–Crippen LogP) is 15.8. The van der Waals surface area contributed by atoms with Crippen LogP contribution in [0.15, 0.2) is 170 Å². The SMILES string of the molecule is CC.CC.CC1(C)c2cc(N(c3ccccc3)c3cccc(F)c3)ccc2-c2c1c1ccccc1c1c3[nH]c4c(c3c3ccccc3c21)=CCC(N(C1=CCCC=C1)c1cccc(F)c1)C=4. The van der Waals surface area contributed by atoms with Gasteiger partial charge in [-0.3, -0.25) is 0 Å². The second-order valence-electron chi connectivity index (χ2n) is 17.4. The van der Waals surface area contributed by atoms with Crippen LogP contribution in [-0.2, 0) is 5.41 Å². The molecule has 0 saturated heterocycles. The summed E-state index contributed by atoms with van der Waals surface area (Å²) in [4.78, 5) is 8.48. The summed E-state index contributed by atoms with van der Waals surface area (Å²) < 4.78 is 29.7. The summed E-state index contributed by atoms with van der Waals surface area (Å²) in [6.45, 7) is 12.7. The Bertz CT molecular complexity index is 3520. The van der Waals surface area contributed by atoms with Gasteiger partial charge in [-0.2, -0.15) is 0 Å². The quantitative estimate of drug-likeness (QED) is 0.168. The number of nitrogens with zero attached hydrogens (tertiary/aromatic N) is 2. The number of benzene rings is 8. The minimum atomic E-state index is -0.360. The van der Waals surface area contributed by atoms with Gasteiger partial charge in [-0.05, 0) is 136 Å². The molecule has 0 radical (unpaired) electrons. The van der Waals surface area contributed by atoms with Crippen molar-refractivity contribution < 1.29 is 8.78 Å². The zero-order valence-electron chi connectivity index (χ0n) is 38.6. The van der Waals surface area contributed by atoms with Crippen LogP contribution in [0.3, 0.4) is 0 Å². The summed E-state index contributed by atoms with van der Waals surface area (Å²) >= 11 is 0. The van der Waals surface area contributed by atoms with Crippen molar-refractivity contribution in [1.29, 1.82) is 0 Å². The number of halogens is 2. The van der Waals surface area contributed by atoms with Crippen molar-refractivity contribution in [2.45, 2.75) is 72.3 Å². The molecule has 328 valence electrons. The van der Waals surface area contributed by atoms with Gasteiger partial charge in [-0.15, -0.1) is 0 Å². The van der Waals surface area contributed by atoms with Crippen LogP contribution in [0, 0.1) is 11.6 Å². The molecule has 8 aromatic carbocycles. The number of H-pyrrole nitrogens is 1. The lowest BCUT2D eigenvalue weighted by molar-refractivity contribution is 0.626. The summed E-state index contributed by atoms with van der Waals surface area (Å²) in [6, 6.07) is 48.7. The first-order chi connectivity index (χ1) is 32.3. The fourth-order valence-corrected chi connectivity index (χ4v) is 10.9. The van der Waals surface area contributed by atoms with Crippen LogP contribution >= 0.6 is 0 Å². The Morgan fingerprint density at radius 3 is 1.86 bits per heavy atom. The van der Waals surface area contributed by atoms with E-state index in [1.54, 1.807) is 24.3 Å². The van der Waals surface area contributed by atoms with Gasteiger partial charge in [-0.1, -0.05) is 145 Å². The van der Waals surface area contributed by atoms with Gasteiger partial charge < -0.3 is 14.8 Å². The standard InChI is InChI=1S/C57H43F2N3.2C2H6/c1-57(2)49-33-41(61(37-17-5-3-6-18-37)39-21-13-15-35(58)31-39)27-29-47(49)53-52-44-24-10-9-23-43(44)51-48-30-28-42(62(38-19-7-4-8-20-38)40-22-14-16-36(59)32-40)34-50(48)60-56(51)54(52)45-25-11-12-26-46(45)55(53)57;2*1-2/h3,5-7,9-27,29-34,42,60H,4,8,28H2,1-2H3;2*1-2H3. The van der Waals surface area contributed by atoms with Crippen molar-refractivity contribution in [3.05, 3.63) is 203 Å². The van der Waals surface area contributed by atoms with Gasteiger partial charge in [0.1, 0.15) is 11.6 Å². The Labute approximate surface area is 386 Å². The number of fused-ring (bicyclic) bond motifs is 15. The number of allylic oxidation sites excluding steroid dienone is 3. The number of nitrogens with one attached hydrogen (secondary N) is 1. The minimum absolute atomic E-state index is 0.0189. The number of hydrogen-bond acceptors (Lipinski definition) is 2. The van der Waals surface area contributed by atoms with Crippen molar-refractivity contribution in [2.75, 3.05) is 9.80 Å². The molecule has 0 aliphatic heterocycles. The van der Waals surface area contributed by atoms with E-state index < -0.39 is 0 Å². The lowest BCUT2D eigenvalue weighted by Gasteiger charge is -2.34. The molecule has 1 aromatic heterocycles. The highest BCUT2D eigenvalue weighted by Crippen LogP contribution is 2.57. The number of aromatic amines is 1. The molecule has 1 atom stereocenters. The molecule has 1 heterocycles. The lowest BCUT2D eigenvalue weighted by Crippen LogP contribution is -2.39. The van der Waals surface area contributed by atoms with Crippen LogP contribution in [0.2, 0.25) is 0 Å². The zero-order valence-corrected chi connectivity index (χ0v) is 38.6. The van der Waals surface area contributed by atoms with Crippen molar-refractivity contribution in [3.63, 3.8) is 0 Å². The first-order valence-electron chi connectivity index (χ1n) is 23.7. The molecule has 0 amide bonds. The van der Waals surface area contributed by atoms with E-state index in [-0.39, 0.29) is 23.1 Å². The van der Waals surface area contributed by atoms with Crippen LogP contribution in [0.25, 0.3) is 66.5 Å². The van der Waals surface area contributed by atoms with E-state index in [2.05, 4.69) is 138 Å². The van der Waals surface area contributed by atoms with Gasteiger partial charge in [0, 0.05) is 60.6 Å². The average molecular weight is 868 g/mol. The third-order valence-corrected chi connectivity index (χ3v) is 13.5. The highest BCUT2D eigenvalue weighted by atomic mass is 19.1. The van der Waals surface area contributed by atoms with Gasteiger partial charge in [0.15, 0.2) is 0 Å². The fourth-order valence-electron chi connectivity index (χ4n) is 10.9. The third kappa shape index (κ3) is 6.83. The summed E-state index contributed by atoms with van der Waals surface area (Å²) in [6.07, 6.45) is 14.2. The highest BCUT2D eigenvalue weighted by Gasteiger charge is 2.40. The summed E-state index contributed by atoms with van der Waals surface area (Å²) in [5.41, 5.74) is 10.5. The average Bonchev–Trinajstić information content (AvgIpc) is 3.85. The maximum Gasteiger partial charge on any atom is 0.125 e. The lowest BCUT2D eigenvalue weighted by atomic mass is 9.78. The Hall–Kier alpha value is -7.24. The van der Waals surface area contributed by atoms with Gasteiger partial charge in [0.25, 0.3) is 0 Å². The van der Waals surface area contributed by atoms with Crippen molar-refractivity contribution in [1.82, 2.24) is 4.98 Å². The maximum absolute atomic E-state index is 14.9. The second kappa shape index (κ2) is 17.3. The fraction of sp³-hybridized carbons (Fsp3) is 0.180. The monoisotopic (exact) mass is 867 g/mol. The molecule has 0 saturated carbocycles. The molecule has 9 aromatic rings. The van der Waals surface area contributed by atoms with E-state index in [0.717, 1.165) is 58.6 Å². The van der Waals surface area contributed by atoms with Crippen molar-refractivity contribution in [3.8, 4) is 11.1 Å². The first-order valence-corrected chi connectivity index (χ1v) is 23.7. The predicted molar refractivity (Wildman–Crippen MR) is 278 cm³/mol. The first kappa shape index (κ1) is 42.7. The molecular formula is C61H55F2N3. The van der Waals surface area contributed by atoms with Crippen LogP contribution in [0.4, 0.5) is 31.5 Å². The molecule has 5 heteroatoms. The maximum atomic E-state index is 14.9. The van der Waals surface area contributed by atoms with Crippen molar-refractivity contribution in [2.24, 2.45) is 0 Å². The van der Waals surface area contributed by atoms with Crippen LogP contribution < -0.4 is 20.4 Å². The second-order valence-corrected chi connectivity index (χ2v) is 17.4. The molecule has 66 heavy (non-hydrogen) atoms. The van der Waals surface area contributed by atoms with Crippen molar-refractivity contribution >= 4 is 78.1 Å². The molecule has 1 unspecified atom stereocenters. The van der Waals surface area contributed by atoms with E-state index >= 15 is 0 Å². The van der Waals surface area contributed by atoms with Gasteiger partial charge in [0.05, 0.1) is 11.6 Å². The Kier molecular flexibility index (Phi) is 11.2. The highest BCUT2D eigenvalue weighted by molar-refractivity contribution is 6.35. The molecule has 1 N–H and O–H groups in total. The largest absolute Gasteiger partial charge is 0.354 e. The van der Waals surface area contributed by atoms with Crippen LogP contribution in [-0.4, -0.2) is 11.0 Å². The molecule has 0 bridgehead atoms. The van der Waals surface area contributed by atoms with E-state index in [1.165, 1.54) is 77.3 Å². The number of hydrogen-bond donors (Lipinski definition) is 1. The molecule has 12 rings (SSSR count). The van der Waals surface area contributed by atoms with E-state index in [9.17, 15) is 8.78 Å². The van der Waals surface area contributed by atoms with Gasteiger partial charge in [0.2, 0.25) is 0 Å². The molecular weight excluding hydrogens is 813 g/mol. The molecule has 3 aliphatic carbocycles. The summed E-state index contributed by atoms with van der Waals surface area (Å²) in [7, 11) is 0. The molecule has 3 nitrogen and oxygen atoms in total. The Morgan fingerprint density at radius 1 is 0.576 bits per heavy atom. The summed E-state index contributed by atoms with van der Waals surface area (Å²) in [5.74, 6) is -0.509. The summed E-state index contributed by atoms with van der Waals surface area (Å²) in [5, 5.41) is 10.9. The minimum Gasteiger partial charge on any atom is -0.354 e. The normalized spacial score (nSPS) is 15.3. The van der Waals surface area contributed by atoms with Crippen LogP contribution in [0.5, 0.6) is 0 Å². The Morgan fingerprint density at radius 2 is 1.18 bits per heavy atom. The van der Waals surface area contributed by atoms with E-state index in [0.29, 0.717) is 0 Å².